The van der Waals surface area contributed by atoms with Crippen LogP contribution in [0.25, 0.3) is 0 Å². The molecule has 162 valence electrons. The lowest BCUT2D eigenvalue weighted by molar-refractivity contribution is -0.141. The fraction of sp³-hybridized carbons (Fsp3) is 0.333. The summed E-state index contributed by atoms with van der Waals surface area (Å²) in [6.45, 7) is 1.91. The van der Waals surface area contributed by atoms with Crippen LogP contribution in [-0.2, 0) is 14.3 Å². The van der Waals surface area contributed by atoms with Crippen LogP contribution >= 0.6 is 24.4 Å². The molecule has 0 heterocycles. The average Bonchev–Trinajstić information content (AvgIpc) is 2.74. The quantitative estimate of drug-likeness (QED) is 0.280. The Morgan fingerprint density at radius 1 is 1.23 bits per heavy atom. The molecule has 0 saturated heterocycles. The van der Waals surface area contributed by atoms with E-state index in [4.69, 9.17) is 9.47 Å². The van der Waals surface area contributed by atoms with E-state index in [1.165, 1.54) is 12.1 Å². The average molecular weight is 454 g/mol. The van der Waals surface area contributed by atoms with Gasteiger partial charge in [-0.2, -0.15) is 12.6 Å². The third kappa shape index (κ3) is 7.14. The molecule has 0 aromatic heterocycles. The van der Waals surface area contributed by atoms with E-state index < -0.39 is 29.7 Å². The van der Waals surface area contributed by atoms with Gasteiger partial charge in [-0.25, -0.2) is 9.18 Å². The van der Waals surface area contributed by atoms with E-state index in [0.717, 1.165) is 11.0 Å². The minimum Gasteiger partial charge on any atom is -0.505 e. The van der Waals surface area contributed by atoms with Crippen LogP contribution in [0.1, 0.15) is 25.0 Å². The van der Waals surface area contributed by atoms with Crippen molar-refractivity contribution in [1.82, 2.24) is 0 Å². The number of benzene rings is 2. The van der Waals surface area contributed by atoms with Crippen LogP contribution in [0.15, 0.2) is 47.4 Å². The lowest BCUT2D eigenvalue weighted by Crippen LogP contribution is -2.23. The minimum atomic E-state index is -0.819. The number of phenolic OH excluding ortho intramolecular Hbond substituents is 1. The minimum absolute atomic E-state index is 0.0325. The lowest BCUT2D eigenvalue weighted by Gasteiger charge is -2.25. The number of nitrogens with one attached hydrogen (secondary N) is 1. The first kappa shape index (κ1) is 23.9. The van der Waals surface area contributed by atoms with Crippen LogP contribution in [0.4, 0.5) is 14.9 Å². The molecule has 0 saturated carbocycles. The summed E-state index contributed by atoms with van der Waals surface area (Å²) in [4.78, 5) is 24.8. The maximum Gasteiger partial charge on any atom is 0.412 e. The summed E-state index contributed by atoms with van der Waals surface area (Å²) in [5, 5.41) is 12.1. The van der Waals surface area contributed by atoms with Gasteiger partial charge < -0.3 is 14.6 Å². The van der Waals surface area contributed by atoms with E-state index in [1.807, 2.05) is 18.4 Å². The van der Waals surface area contributed by atoms with Crippen LogP contribution in [0, 0.1) is 11.7 Å². The molecule has 0 aliphatic heterocycles. The predicted molar refractivity (Wildman–Crippen MR) is 118 cm³/mol. The van der Waals surface area contributed by atoms with E-state index in [-0.39, 0.29) is 18.3 Å². The van der Waals surface area contributed by atoms with Crippen LogP contribution in [0.2, 0.25) is 0 Å². The number of ether oxygens (including phenoxy) is 2. The molecule has 9 heteroatoms. The molecule has 30 heavy (non-hydrogen) atoms. The van der Waals surface area contributed by atoms with Gasteiger partial charge in [-0.3, -0.25) is 10.1 Å². The zero-order valence-corrected chi connectivity index (χ0v) is 18.3. The molecule has 0 fully saturated rings. The van der Waals surface area contributed by atoms with Gasteiger partial charge >= 0.3 is 12.1 Å². The molecule has 0 aliphatic rings. The first-order chi connectivity index (χ1) is 14.3. The van der Waals surface area contributed by atoms with Crippen LogP contribution in [-0.4, -0.2) is 35.8 Å². The summed E-state index contributed by atoms with van der Waals surface area (Å²) >= 11 is 5.43. The van der Waals surface area contributed by atoms with Crippen molar-refractivity contribution in [3.63, 3.8) is 0 Å². The van der Waals surface area contributed by atoms with Crippen molar-refractivity contribution in [2.24, 2.45) is 5.92 Å². The first-order valence-electron chi connectivity index (χ1n) is 9.20. The number of amides is 1. The van der Waals surface area contributed by atoms with Crippen LogP contribution < -0.4 is 5.32 Å². The van der Waals surface area contributed by atoms with E-state index >= 15 is 0 Å². The molecule has 2 aromatic rings. The molecule has 0 aliphatic carbocycles. The van der Waals surface area contributed by atoms with Gasteiger partial charge in [-0.1, -0.05) is 13.0 Å². The summed E-state index contributed by atoms with van der Waals surface area (Å²) in [5.74, 6) is -2.10. The monoisotopic (exact) mass is 453 g/mol. The topological polar surface area (TPSA) is 84.9 Å². The number of carbonyl (C=O) groups excluding carboxylic acids is 2. The van der Waals surface area contributed by atoms with Crippen molar-refractivity contribution in [2.45, 2.75) is 24.3 Å². The highest BCUT2D eigenvalue weighted by Gasteiger charge is 2.25. The predicted octanol–water partition coefficient (Wildman–Crippen LogP) is 5.04. The Labute approximate surface area is 184 Å². The van der Waals surface area contributed by atoms with Gasteiger partial charge in [0.25, 0.3) is 0 Å². The summed E-state index contributed by atoms with van der Waals surface area (Å²) in [5.41, 5.74) is 0.940. The highest BCUT2D eigenvalue weighted by Crippen LogP contribution is 2.31. The number of rotatable bonds is 9. The largest absolute Gasteiger partial charge is 0.505 e. The molecule has 2 rings (SSSR count). The molecule has 2 aromatic carbocycles. The number of phenols is 1. The number of thioether (sulfide) groups is 1. The molecular formula is C21H24FNO5S2. The van der Waals surface area contributed by atoms with Gasteiger partial charge in [-0.05, 0) is 54.6 Å². The van der Waals surface area contributed by atoms with Crippen molar-refractivity contribution in [3.05, 3.63) is 53.8 Å². The summed E-state index contributed by atoms with van der Waals surface area (Å²) < 4.78 is 24.5. The Morgan fingerprint density at radius 3 is 2.53 bits per heavy atom. The van der Waals surface area contributed by atoms with Gasteiger partial charge in [0.1, 0.15) is 6.10 Å². The molecule has 6 nitrogen and oxygen atoms in total. The number of anilines is 1. The van der Waals surface area contributed by atoms with Crippen LogP contribution in [0.3, 0.4) is 0 Å². The smallest absolute Gasteiger partial charge is 0.412 e. The zero-order chi connectivity index (χ0) is 22.1. The van der Waals surface area contributed by atoms with E-state index in [2.05, 4.69) is 17.9 Å². The third-order valence-electron chi connectivity index (χ3n) is 4.35. The fourth-order valence-electron chi connectivity index (χ4n) is 2.71. The standard InChI is InChI=1S/C21H24FNO5S2/c1-13(9-10-27-19(25)12-29)20(14-3-8-18(24)17(22)11-14)28-21(26)23-15-4-6-16(30-2)7-5-15/h3-8,11,13,20,24,29H,9-10,12H2,1-2H3,(H,23,26)/t13-,20+/m1/s1. The number of thiol groups is 1. The molecule has 0 unspecified atom stereocenters. The molecule has 2 atom stereocenters. The van der Waals surface area contributed by atoms with E-state index in [9.17, 15) is 19.1 Å². The number of carbonyl (C=O) groups is 2. The van der Waals surface area contributed by atoms with Gasteiger partial charge in [-0.15, -0.1) is 11.8 Å². The Hall–Kier alpha value is -2.39. The van der Waals surface area contributed by atoms with E-state index in [1.54, 1.807) is 30.8 Å². The maximum atomic E-state index is 13.9. The number of esters is 1. The second-order valence-electron chi connectivity index (χ2n) is 6.53. The third-order valence-corrected chi connectivity index (χ3v) is 5.35. The Bertz CT molecular complexity index is 863. The second kappa shape index (κ2) is 11.7. The van der Waals surface area contributed by atoms with Gasteiger partial charge in [0.05, 0.1) is 12.4 Å². The fourth-order valence-corrected chi connectivity index (χ4v) is 3.21. The molecule has 0 bridgehead atoms. The van der Waals surface area contributed by atoms with Crippen molar-refractivity contribution >= 4 is 42.1 Å². The number of halogens is 1. The Morgan fingerprint density at radius 2 is 1.93 bits per heavy atom. The molecule has 2 N–H and O–H groups in total. The van der Waals surface area contributed by atoms with Crippen molar-refractivity contribution in [2.75, 3.05) is 23.9 Å². The molecule has 1 amide bonds. The lowest BCUT2D eigenvalue weighted by atomic mass is 9.94. The molecule has 0 spiro atoms. The van der Waals surface area contributed by atoms with E-state index in [0.29, 0.717) is 17.7 Å². The maximum absolute atomic E-state index is 13.9. The van der Waals surface area contributed by atoms with Gasteiger partial charge in [0, 0.05) is 16.5 Å². The van der Waals surface area contributed by atoms with Gasteiger partial charge in [0.2, 0.25) is 0 Å². The van der Waals surface area contributed by atoms with Gasteiger partial charge in [0.15, 0.2) is 11.6 Å². The summed E-state index contributed by atoms with van der Waals surface area (Å²) in [6.07, 6.45) is 0.805. The van der Waals surface area contributed by atoms with Crippen molar-refractivity contribution in [1.29, 1.82) is 0 Å². The number of hydrogen-bond donors (Lipinski definition) is 3. The highest BCUT2D eigenvalue weighted by atomic mass is 32.2. The molecule has 0 radical (unpaired) electrons. The SMILES string of the molecule is CSc1ccc(NC(=O)O[C@H](c2ccc(O)c(F)c2)[C@H](C)CCOC(=O)CS)cc1. The Balaban J connectivity index is 2.11. The molecular weight excluding hydrogens is 429 g/mol. The second-order valence-corrected chi connectivity index (χ2v) is 7.73. The zero-order valence-electron chi connectivity index (χ0n) is 16.6. The summed E-state index contributed by atoms with van der Waals surface area (Å²) in [7, 11) is 0. The number of aromatic hydroxyl groups is 1. The number of hydrogen-bond acceptors (Lipinski definition) is 7. The van der Waals surface area contributed by atoms with Crippen molar-refractivity contribution < 1.29 is 28.6 Å². The Kier molecular flexibility index (Phi) is 9.32. The summed E-state index contributed by atoms with van der Waals surface area (Å²) in [6, 6.07) is 11.0. The highest BCUT2D eigenvalue weighted by molar-refractivity contribution is 7.98. The van der Waals surface area contributed by atoms with Crippen molar-refractivity contribution in [3.8, 4) is 5.75 Å². The normalized spacial score (nSPS) is 12.7. The van der Waals surface area contributed by atoms with Crippen LogP contribution in [0.5, 0.6) is 5.75 Å². The first-order valence-corrected chi connectivity index (χ1v) is 11.1.